The van der Waals surface area contributed by atoms with Crippen molar-refractivity contribution in [3.63, 3.8) is 0 Å². The third-order valence-corrected chi connectivity index (χ3v) is 5.24. The molecule has 1 fully saturated rings. The molecule has 128 valence electrons. The van der Waals surface area contributed by atoms with E-state index in [1.54, 1.807) is 0 Å². The van der Waals surface area contributed by atoms with Crippen molar-refractivity contribution < 1.29 is 4.79 Å². The van der Waals surface area contributed by atoms with Crippen molar-refractivity contribution in [2.24, 2.45) is 0 Å². The number of hydrogen-bond donors (Lipinski definition) is 1. The lowest BCUT2D eigenvalue weighted by Crippen LogP contribution is -2.50. The molecule has 1 aromatic carbocycles. The summed E-state index contributed by atoms with van der Waals surface area (Å²) in [5, 5.41) is 7.92. The molecule has 0 bridgehead atoms. The minimum absolute atomic E-state index is 0.00134. The van der Waals surface area contributed by atoms with Crippen molar-refractivity contribution in [3.05, 3.63) is 42.1 Å². The van der Waals surface area contributed by atoms with Gasteiger partial charge in [0.2, 0.25) is 5.91 Å². The molecule has 0 saturated heterocycles. The third kappa shape index (κ3) is 3.69. The molecule has 1 aliphatic carbocycles. The highest BCUT2D eigenvalue weighted by atomic mass is 16.2. The molecule has 1 aliphatic rings. The zero-order chi connectivity index (χ0) is 17.0. The Labute approximate surface area is 144 Å². The predicted octanol–water partition coefficient (Wildman–Crippen LogP) is 4.09. The molecule has 3 rings (SSSR count). The Bertz CT molecular complexity index is 684. The molecule has 1 N–H and O–H groups in total. The monoisotopic (exact) mass is 325 g/mol. The van der Waals surface area contributed by atoms with Gasteiger partial charge in [0.05, 0.1) is 5.69 Å². The van der Waals surface area contributed by atoms with Crippen LogP contribution in [0.1, 0.15) is 51.1 Å². The van der Waals surface area contributed by atoms with Gasteiger partial charge in [-0.3, -0.25) is 9.48 Å². The van der Waals surface area contributed by atoms with E-state index in [1.807, 2.05) is 48.0 Å². The summed E-state index contributed by atoms with van der Waals surface area (Å²) in [7, 11) is 0. The van der Waals surface area contributed by atoms with Crippen molar-refractivity contribution >= 4 is 5.91 Å². The lowest BCUT2D eigenvalue weighted by atomic mass is 9.80. The molecule has 4 nitrogen and oxygen atoms in total. The second kappa shape index (κ2) is 7.20. The van der Waals surface area contributed by atoms with Crippen molar-refractivity contribution in [2.75, 3.05) is 0 Å². The van der Waals surface area contributed by atoms with Gasteiger partial charge in [-0.25, -0.2) is 0 Å². The quantitative estimate of drug-likeness (QED) is 0.900. The molecule has 1 heterocycles. The maximum absolute atomic E-state index is 12.6. The standard InChI is InChI=1S/C20H27N3O/c1-3-20(12-8-5-9-13-20)21-19(24)15-23-16(2)14-18(22-23)17-10-6-4-7-11-17/h4,6-7,10-11,14H,3,5,8-9,12-13,15H2,1-2H3,(H,21,24). The summed E-state index contributed by atoms with van der Waals surface area (Å²) >= 11 is 0. The molecular formula is C20H27N3O. The minimum Gasteiger partial charge on any atom is -0.349 e. The fourth-order valence-corrected chi connectivity index (χ4v) is 3.69. The average Bonchev–Trinajstić information content (AvgIpc) is 2.97. The summed E-state index contributed by atoms with van der Waals surface area (Å²) in [6.07, 6.45) is 6.92. The number of carbonyl (C=O) groups excluding carboxylic acids is 1. The lowest BCUT2D eigenvalue weighted by molar-refractivity contribution is -0.124. The number of benzene rings is 1. The molecule has 1 saturated carbocycles. The van der Waals surface area contributed by atoms with Crippen LogP contribution in [0, 0.1) is 6.92 Å². The summed E-state index contributed by atoms with van der Waals surface area (Å²) in [6.45, 7) is 4.47. The van der Waals surface area contributed by atoms with Crippen LogP contribution in [0.15, 0.2) is 36.4 Å². The molecular weight excluding hydrogens is 298 g/mol. The second-order valence-corrected chi connectivity index (χ2v) is 6.94. The Balaban J connectivity index is 1.69. The van der Waals surface area contributed by atoms with E-state index in [9.17, 15) is 4.79 Å². The van der Waals surface area contributed by atoms with Crippen LogP contribution in [0.25, 0.3) is 11.3 Å². The first kappa shape index (κ1) is 16.7. The van der Waals surface area contributed by atoms with Gasteiger partial charge in [-0.1, -0.05) is 56.5 Å². The molecule has 0 radical (unpaired) electrons. The topological polar surface area (TPSA) is 46.9 Å². The van der Waals surface area contributed by atoms with Gasteiger partial charge >= 0.3 is 0 Å². The molecule has 2 aromatic rings. The van der Waals surface area contributed by atoms with E-state index < -0.39 is 0 Å². The summed E-state index contributed by atoms with van der Waals surface area (Å²) in [5.74, 6) is 0.0737. The van der Waals surface area contributed by atoms with Crippen LogP contribution in [0.5, 0.6) is 0 Å². The zero-order valence-electron chi connectivity index (χ0n) is 14.7. The summed E-state index contributed by atoms with van der Waals surface area (Å²) in [5.41, 5.74) is 3.01. The molecule has 0 unspecified atom stereocenters. The van der Waals surface area contributed by atoms with Gasteiger partial charge in [-0.2, -0.15) is 5.10 Å². The highest BCUT2D eigenvalue weighted by Gasteiger charge is 2.31. The number of nitrogens with one attached hydrogen (secondary N) is 1. The van der Waals surface area contributed by atoms with E-state index in [-0.39, 0.29) is 11.4 Å². The SMILES string of the molecule is CCC1(NC(=O)Cn2nc(-c3ccccc3)cc2C)CCCCC1. The Morgan fingerprint density at radius 2 is 1.92 bits per heavy atom. The number of rotatable bonds is 5. The molecule has 0 atom stereocenters. The number of carbonyl (C=O) groups is 1. The van der Waals surface area contributed by atoms with Gasteiger partial charge in [0, 0.05) is 16.8 Å². The highest BCUT2D eigenvalue weighted by Crippen LogP contribution is 2.30. The lowest BCUT2D eigenvalue weighted by Gasteiger charge is -2.37. The summed E-state index contributed by atoms with van der Waals surface area (Å²) in [4.78, 5) is 12.6. The van der Waals surface area contributed by atoms with Crippen LogP contribution in [0.2, 0.25) is 0 Å². The number of hydrogen-bond acceptors (Lipinski definition) is 2. The molecule has 4 heteroatoms. The van der Waals surface area contributed by atoms with E-state index in [2.05, 4.69) is 17.3 Å². The van der Waals surface area contributed by atoms with Gasteiger partial charge in [0.1, 0.15) is 6.54 Å². The van der Waals surface area contributed by atoms with Crippen LogP contribution in [-0.2, 0) is 11.3 Å². The molecule has 0 spiro atoms. The van der Waals surface area contributed by atoms with Crippen LogP contribution in [0.3, 0.4) is 0 Å². The molecule has 1 amide bonds. The maximum Gasteiger partial charge on any atom is 0.242 e. The van der Waals surface area contributed by atoms with Crippen LogP contribution >= 0.6 is 0 Å². The van der Waals surface area contributed by atoms with Crippen LogP contribution in [0.4, 0.5) is 0 Å². The van der Waals surface area contributed by atoms with Crippen molar-refractivity contribution in [3.8, 4) is 11.3 Å². The van der Waals surface area contributed by atoms with Gasteiger partial charge in [-0.05, 0) is 32.3 Å². The predicted molar refractivity (Wildman–Crippen MR) is 96.6 cm³/mol. The number of nitrogens with zero attached hydrogens (tertiary/aromatic N) is 2. The summed E-state index contributed by atoms with van der Waals surface area (Å²) < 4.78 is 1.81. The fourth-order valence-electron chi connectivity index (χ4n) is 3.69. The first-order valence-corrected chi connectivity index (χ1v) is 9.03. The van der Waals surface area contributed by atoms with Crippen LogP contribution < -0.4 is 5.32 Å². The van der Waals surface area contributed by atoms with Gasteiger partial charge in [-0.15, -0.1) is 0 Å². The van der Waals surface area contributed by atoms with Crippen molar-refractivity contribution in [1.29, 1.82) is 0 Å². The van der Waals surface area contributed by atoms with Gasteiger partial charge < -0.3 is 5.32 Å². The number of amides is 1. The first-order valence-electron chi connectivity index (χ1n) is 9.03. The third-order valence-electron chi connectivity index (χ3n) is 5.24. The number of aryl methyl sites for hydroxylation is 1. The molecule has 24 heavy (non-hydrogen) atoms. The van der Waals surface area contributed by atoms with Crippen molar-refractivity contribution in [1.82, 2.24) is 15.1 Å². The second-order valence-electron chi connectivity index (χ2n) is 6.94. The van der Waals surface area contributed by atoms with Gasteiger partial charge in [0.25, 0.3) is 0 Å². The van der Waals surface area contributed by atoms with E-state index in [0.29, 0.717) is 6.54 Å². The normalized spacial score (nSPS) is 16.8. The fraction of sp³-hybridized carbons (Fsp3) is 0.500. The summed E-state index contributed by atoms with van der Waals surface area (Å²) in [6, 6.07) is 12.1. The van der Waals surface area contributed by atoms with E-state index in [0.717, 1.165) is 36.2 Å². The maximum atomic E-state index is 12.6. The van der Waals surface area contributed by atoms with E-state index >= 15 is 0 Å². The largest absolute Gasteiger partial charge is 0.349 e. The zero-order valence-corrected chi connectivity index (χ0v) is 14.7. The first-order chi connectivity index (χ1) is 11.6. The molecule has 0 aliphatic heterocycles. The van der Waals surface area contributed by atoms with E-state index in [1.165, 1.54) is 19.3 Å². The minimum atomic E-state index is -0.00134. The Morgan fingerprint density at radius 3 is 2.58 bits per heavy atom. The highest BCUT2D eigenvalue weighted by molar-refractivity contribution is 5.76. The van der Waals surface area contributed by atoms with Crippen LogP contribution in [-0.4, -0.2) is 21.2 Å². The van der Waals surface area contributed by atoms with Gasteiger partial charge in [0.15, 0.2) is 0 Å². The van der Waals surface area contributed by atoms with Crippen molar-refractivity contribution in [2.45, 2.75) is 64.5 Å². The van der Waals surface area contributed by atoms with E-state index in [4.69, 9.17) is 0 Å². The smallest absolute Gasteiger partial charge is 0.242 e. The Kier molecular flexibility index (Phi) is 5.03. The number of aromatic nitrogens is 2. The average molecular weight is 325 g/mol. The Morgan fingerprint density at radius 1 is 1.21 bits per heavy atom. The Hall–Kier alpha value is -2.10. The molecule has 1 aromatic heterocycles.